The Balaban J connectivity index is 0.000000546. The maximum absolute atomic E-state index is 11.3. The first-order valence-electron chi connectivity index (χ1n) is 22.2. The SMILES string of the molecule is CCCCCCCCCCC#CC1=C(c2ccc(CCCC)cc2)[N+](=[N-])C(c2ccc(CCCC)cc2)=C1.CCCCCC[CH2][Pd][CH2]CCCCCC. The van der Waals surface area contributed by atoms with Gasteiger partial charge in [0.15, 0.2) is 0 Å². The third-order valence-electron chi connectivity index (χ3n) is 10.1. The minimum absolute atomic E-state index is 0.792. The van der Waals surface area contributed by atoms with Gasteiger partial charge in [0, 0.05) is 23.6 Å². The van der Waals surface area contributed by atoms with Crippen LogP contribution in [0, 0.1) is 11.8 Å². The van der Waals surface area contributed by atoms with Gasteiger partial charge >= 0.3 is 106 Å². The molecule has 2 aromatic rings. The molecule has 53 heavy (non-hydrogen) atoms. The molecular formula is C50H78N2Pd. The molecule has 0 saturated heterocycles. The van der Waals surface area contributed by atoms with E-state index >= 15 is 0 Å². The second kappa shape index (κ2) is 32.0. The van der Waals surface area contributed by atoms with E-state index in [1.165, 1.54) is 160 Å². The Morgan fingerprint density at radius 2 is 0.906 bits per heavy atom. The fraction of sp³-hybridized carbons (Fsp3) is 0.640. The van der Waals surface area contributed by atoms with Gasteiger partial charge in [-0.3, -0.25) is 0 Å². The number of nitrogens with zero attached hydrogens (tertiary/aromatic N) is 2. The van der Waals surface area contributed by atoms with Crippen LogP contribution in [0.15, 0.2) is 60.2 Å². The van der Waals surface area contributed by atoms with Crippen molar-refractivity contribution < 1.29 is 22.7 Å². The molecule has 0 radical (unpaired) electrons. The Bertz CT molecular complexity index is 1330. The van der Waals surface area contributed by atoms with E-state index in [1.807, 2.05) is 0 Å². The third kappa shape index (κ3) is 20.8. The summed E-state index contributed by atoms with van der Waals surface area (Å²) in [5.41, 5.74) is 18.6. The van der Waals surface area contributed by atoms with Crippen LogP contribution in [-0.2, 0) is 30.8 Å². The van der Waals surface area contributed by atoms with Crippen molar-refractivity contribution in [3.63, 3.8) is 0 Å². The standard InChI is InChI=1S/C36H48N2.2C7H15.Pd/c1-4-7-10-11-12-13-14-15-16-17-20-34-29-35(32-25-21-30(22-26-32)18-8-5-2)38(37)36(34)33-27-23-31(24-28-33)19-9-6-3;2*1-3-5-7-6-4-2;/h21-29H,4-16,18-19H2,1-3H3;2*1,3-7H2,2H3;. The number of benzene rings is 2. The molecule has 0 bridgehead atoms. The summed E-state index contributed by atoms with van der Waals surface area (Å²) in [5, 5.41) is 0. The molecule has 2 nitrogen and oxygen atoms in total. The van der Waals surface area contributed by atoms with Crippen molar-refractivity contribution in [1.29, 1.82) is 0 Å². The van der Waals surface area contributed by atoms with Crippen LogP contribution in [0.5, 0.6) is 0 Å². The molecule has 0 unspecified atom stereocenters. The van der Waals surface area contributed by atoms with Crippen molar-refractivity contribution in [3.05, 3.63) is 88.0 Å². The van der Waals surface area contributed by atoms with Gasteiger partial charge in [0.2, 0.25) is 11.4 Å². The van der Waals surface area contributed by atoms with Crippen molar-refractivity contribution in [3.8, 4) is 11.8 Å². The molecule has 0 fully saturated rings. The van der Waals surface area contributed by atoms with E-state index in [0.29, 0.717) is 0 Å². The first kappa shape index (κ1) is 46.9. The van der Waals surface area contributed by atoms with Gasteiger partial charge in [0.05, 0.1) is 0 Å². The quantitative estimate of drug-likeness (QED) is 0.0354. The number of hydrogen-bond acceptors (Lipinski definition) is 0. The van der Waals surface area contributed by atoms with Crippen molar-refractivity contribution >= 4 is 11.4 Å². The van der Waals surface area contributed by atoms with Crippen LogP contribution in [0.2, 0.25) is 9.79 Å². The second-order valence-electron chi connectivity index (χ2n) is 15.0. The molecule has 1 heterocycles. The summed E-state index contributed by atoms with van der Waals surface area (Å²) in [7, 11) is 0. The molecule has 0 N–H and O–H groups in total. The Morgan fingerprint density at radius 1 is 0.491 bits per heavy atom. The molecule has 0 spiro atoms. The topological polar surface area (TPSA) is 25.3 Å². The number of allylic oxidation sites excluding steroid dienone is 2. The van der Waals surface area contributed by atoms with E-state index in [2.05, 4.69) is 101 Å². The van der Waals surface area contributed by atoms with Gasteiger partial charge in [-0.1, -0.05) is 115 Å². The Labute approximate surface area is 337 Å². The monoisotopic (exact) mass is 813 g/mol. The zero-order valence-electron chi connectivity index (χ0n) is 35.0. The molecule has 298 valence electrons. The average molecular weight is 814 g/mol. The van der Waals surface area contributed by atoms with Gasteiger partial charge in [-0.2, -0.15) is 0 Å². The van der Waals surface area contributed by atoms with Crippen LogP contribution in [0.1, 0.15) is 205 Å². The molecule has 2 aromatic carbocycles. The van der Waals surface area contributed by atoms with Crippen molar-refractivity contribution in [2.24, 2.45) is 0 Å². The maximum atomic E-state index is 11.3. The first-order valence-corrected chi connectivity index (χ1v) is 24.4. The normalized spacial score (nSPS) is 12.5. The van der Waals surface area contributed by atoms with Gasteiger partial charge in [-0.05, 0) is 67.5 Å². The predicted octanol–water partition coefficient (Wildman–Crippen LogP) is 16.6. The van der Waals surface area contributed by atoms with E-state index in [4.69, 9.17) is 0 Å². The van der Waals surface area contributed by atoms with Crippen LogP contribution in [0.3, 0.4) is 0 Å². The summed E-state index contributed by atoms with van der Waals surface area (Å²) in [4.78, 5) is 3.07. The minimum atomic E-state index is 0.792. The molecule has 1 aliphatic rings. The molecule has 3 heteroatoms. The van der Waals surface area contributed by atoms with E-state index in [1.54, 1.807) is 0 Å². The fourth-order valence-electron chi connectivity index (χ4n) is 6.62. The third-order valence-corrected chi connectivity index (χ3v) is 12.3. The van der Waals surface area contributed by atoms with E-state index in [-0.39, 0.29) is 0 Å². The zero-order valence-corrected chi connectivity index (χ0v) is 36.6. The molecular weight excluding hydrogens is 735 g/mol. The zero-order chi connectivity index (χ0) is 38.2. The Kier molecular flexibility index (Phi) is 28.3. The van der Waals surface area contributed by atoms with Gasteiger partial charge < -0.3 is 5.53 Å². The van der Waals surface area contributed by atoms with Gasteiger partial charge in [0.1, 0.15) is 5.57 Å². The summed E-state index contributed by atoms with van der Waals surface area (Å²) in [6, 6.07) is 17.3. The predicted molar refractivity (Wildman–Crippen MR) is 231 cm³/mol. The van der Waals surface area contributed by atoms with Gasteiger partial charge in [-0.15, -0.1) is 0 Å². The molecule has 0 aromatic heterocycles. The molecule has 0 amide bonds. The summed E-state index contributed by atoms with van der Waals surface area (Å²) < 4.78 is 1.35. The number of aryl methyl sites for hydroxylation is 2. The molecule has 1 aliphatic heterocycles. The van der Waals surface area contributed by atoms with Gasteiger partial charge in [0.25, 0.3) is 0 Å². The second-order valence-corrected chi connectivity index (χ2v) is 17.4. The Morgan fingerprint density at radius 3 is 1.38 bits per heavy atom. The van der Waals surface area contributed by atoms with E-state index in [0.717, 1.165) is 71.8 Å². The van der Waals surface area contributed by atoms with Crippen molar-refractivity contribution in [2.45, 2.75) is 205 Å². The van der Waals surface area contributed by atoms with E-state index in [9.17, 15) is 5.53 Å². The first-order chi connectivity index (χ1) is 26.1. The molecule has 0 saturated carbocycles. The van der Waals surface area contributed by atoms with Crippen LogP contribution in [-0.4, -0.2) is 4.70 Å². The van der Waals surface area contributed by atoms with Crippen LogP contribution < -0.4 is 0 Å². The van der Waals surface area contributed by atoms with Crippen LogP contribution in [0.4, 0.5) is 0 Å². The Hall–Kier alpha value is -2.26. The average Bonchev–Trinajstić information content (AvgIpc) is 3.51. The number of hydrogen-bond donors (Lipinski definition) is 0. The molecule has 0 aliphatic carbocycles. The summed E-state index contributed by atoms with van der Waals surface area (Å²) in [5.74, 6) is 6.83. The fourth-order valence-corrected chi connectivity index (χ4v) is 8.56. The molecule has 0 atom stereocenters. The summed E-state index contributed by atoms with van der Waals surface area (Å²) in [6.45, 7) is 11.3. The van der Waals surface area contributed by atoms with Crippen molar-refractivity contribution in [1.82, 2.24) is 0 Å². The summed E-state index contributed by atoms with van der Waals surface area (Å²) in [6.07, 6.45) is 35.0. The summed E-state index contributed by atoms with van der Waals surface area (Å²) >= 11 is 1.07. The van der Waals surface area contributed by atoms with Gasteiger partial charge in [-0.25, -0.2) is 4.70 Å². The van der Waals surface area contributed by atoms with Crippen LogP contribution in [0.25, 0.3) is 16.9 Å². The van der Waals surface area contributed by atoms with Crippen LogP contribution >= 0.6 is 0 Å². The molecule has 3 rings (SSSR count). The van der Waals surface area contributed by atoms with E-state index < -0.39 is 0 Å². The number of unbranched alkanes of at least 4 members (excludes halogenated alkanes) is 18. The van der Waals surface area contributed by atoms with Crippen molar-refractivity contribution in [2.75, 3.05) is 0 Å². The number of rotatable bonds is 28.